The third kappa shape index (κ3) is 1.61. The molecule has 2 aromatic rings. The molecule has 16 heavy (non-hydrogen) atoms. The Morgan fingerprint density at radius 3 is 2.94 bits per heavy atom. The van der Waals surface area contributed by atoms with E-state index in [1.165, 1.54) is 16.5 Å². The second-order valence-electron chi connectivity index (χ2n) is 4.06. The van der Waals surface area contributed by atoms with Crippen molar-refractivity contribution in [2.75, 3.05) is 13.1 Å². The molecule has 80 valence electrons. The predicted octanol–water partition coefficient (Wildman–Crippen LogP) is 2.61. The molecule has 1 aromatic heterocycles. The fourth-order valence-corrected chi connectivity index (χ4v) is 2.24. The fraction of sp³-hybridized carbons (Fsp3) is 0.214. The maximum Gasteiger partial charge on any atom is 0.0708 e. The SMILES string of the molecule is C1=C(c2ccnc3ccccc23)CCNC1. The van der Waals surface area contributed by atoms with Crippen LogP contribution in [-0.2, 0) is 0 Å². The number of fused-ring (bicyclic) bond motifs is 1. The van der Waals surface area contributed by atoms with Gasteiger partial charge in [-0.15, -0.1) is 0 Å². The summed E-state index contributed by atoms with van der Waals surface area (Å²) in [4.78, 5) is 4.39. The first-order valence-corrected chi connectivity index (χ1v) is 5.69. The van der Waals surface area contributed by atoms with Gasteiger partial charge in [0.15, 0.2) is 0 Å². The summed E-state index contributed by atoms with van der Waals surface area (Å²) in [7, 11) is 0. The highest BCUT2D eigenvalue weighted by Crippen LogP contribution is 2.26. The summed E-state index contributed by atoms with van der Waals surface area (Å²) in [6.45, 7) is 2.05. The third-order valence-corrected chi connectivity index (χ3v) is 3.06. The second kappa shape index (κ2) is 4.06. The second-order valence-corrected chi connectivity index (χ2v) is 4.06. The summed E-state index contributed by atoms with van der Waals surface area (Å²) in [5.41, 5.74) is 3.86. The molecule has 1 aliphatic rings. The van der Waals surface area contributed by atoms with Gasteiger partial charge >= 0.3 is 0 Å². The average molecular weight is 210 g/mol. The first-order valence-electron chi connectivity index (χ1n) is 5.69. The molecule has 3 rings (SSSR count). The van der Waals surface area contributed by atoms with Crippen molar-refractivity contribution in [2.24, 2.45) is 0 Å². The van der Waals surface area contributed by atoms with E-state index in [2.05, 4.69) is 40.6 Å². The highest BCUT2D eigenvalue weighted by atomic mass is 14.8. The Morgan fingerprint density at radius 2 is 2.06 bits per heavy atom. The van der Waals surface area contributed by atoms with E-state index >= 15 is 0 Å². The van der Waals surface area contributed by atoms with Gasteiger partial charge in [-0.05, 0) is 36.2 Å². The van der Waals surface area contributed by atoms with Gasteiger partial charge in [0, 0.05) is 18.1 Å². The highest BCUT2D eigenvalue weighted by Gasteiger charge is 2.08. The Labute approximate surface area is 95.0 Å². The average Bonchev–Trinajstić information content (AvgIpc) is 2.39. The molecule has 0 saturated carbocycles. The van der Waals surface area contributed by atoms with E-state index in [0.717, 1.165) is 25.0 Å². The molecular formula is C14H14N2. The van der Waals surface area contributed by atoms with Gasteiger partial charge in [0.1, 0.15) is 0 Å². The van der Waals surface area contributed by atoms with Crippen LogP contribution in [0.15, 0.2) is 42.6 Å². The van der Waals surface area contributed by atoms with E-state index in [4.69, 9.17) is 0 Å². The zero-order valence-corrected chi connectivity index (χ0v) is 9.11. The molecule has 0 saturated heterocycles. The van der Waals surface area contributed by atoms with E-state index in [0.29, 0.717) is 0 Å². The number of benzene rings is 1. The lowest BCUT2D eigenvalue weighted by Gasteiger charge is -2.15. The Balaban J connectivity index is 2.19. The summed E-state index contributed by atoms with van der Waals surface area (Å²) in [6.07, 6.45) is 5.29. The van der Waals surface area contributed by atoms with E-state index in [9.17, 15) is 0 Å². The topological polar surface area (TPSA) is 24.9 Å². The molecule has 1 aliphatic heterocycles. The molecule has 2 heterocycles. The molecule has 0 amide bonds. The van der Waals surface area contributed by atoms with Gasteiger partial charge in [-0.3, -0.25) is 4.98 Å². The zero-order chi connectivity index (χ0) is 10.8. The van der Waals surface area contributed by atoms with Crippen molar-refractivity contribution in [3.8, 4) is 0 Å². The smallest absolute Gasteiger partial charge is 0.0708 e. The minimum atomic E-state index is 0.978. The Hall–Kier alpha value is -1.67. The van der Waals surface area contributed by atoms with Crippen molar-refractivity contribution in [1.82, 2.24) is 10.3 Å². The summed E-state index contributed by atoms with van der Waals surface area (Å²) >= 11 is 0. The van der Waals surface area contributed by atoms with Crippen molar-refractivity contribution < 1.29 is 0 Å². The summed E-state index contributed by atoms with van der Waals surface area (Å²) in [5.74, 6) is 0. The molecule has 0 aliphatic carbocycles. The molecule has 1 aromatic carbocycles. The van der Waals surface area contributed by atoms with Gasteiger partial charge in [-0.2, -0.15) is 0 Å². The van der Waals surface area contributed by atoms with Crippen LogP contribution in [0.5, 0.6) is 0 Å². The standard InChI is InChI=1S/C14H14N2/c1-2-4-14-13(3-1)12(7-10-16-14)11-5-8-15-9-6-11/h1-5,7,10,15H,6,8-9H2. The fourth-order valence-electron chi connectivity index (χ4n) is 2.24. The van der Waals surface area contributed by atoms with Gasteiger partial charge in [0.25, 0.3) is 0 Å². The van der Waals surface area contributed by atoms with Crippen LogP contribution in [0.4, 0.5) is 0 Å². The first kappa shape index (κ1) is 9.55. The van der Waals surface area contributed by atoms with Gasteiger partial charge < -0.3 is 5.32 Å². The molecule has 2 heteroatoms. The molecule has 0 spiro atoms. The lowest BCUT2D eigenvalue weighted by atomic mass is 9.97. The third-order valence-electron chi connectivity index (χ3n) is 3.06. The largest absolute Gasteiger partial charge is 0.313 e. The monoisotopic (exact) mass is 210 g/mol. The lowest BCUT2D eigenvalue weighted by molar-refractivity contribution is 0.739. The maximum absolute atomic E-state index is 4.39. The molecule has 0 fully saturated rings. The quantitative estimate of drug-likeness (QED) is 0.782. The van der Waals surface area contributed by atoms with Crippen LogP contribution < -0.4 is 5.32 Å². The predicted molar refractivity (Wildman–Crippen MR) is 67.2 cm³/mol. The van der Waals surface area contributed by atoms with Crippen molar-refractivity contribution >= 4 is 16.5 Å². The van der Waals surface area contributed by atoms with Crippen LogP contribution >= 0.6 is 0 Å². The minimum Gasteiger partial charge on any atom is -0.313 e. The molecule has 2 nitrogen and oxygen atoms in total. The van der Waals surface area contributed by atoms with Crippen molar-refractivity contribution in [2.45, 2.75) is 6.42 Å². The van der Waals surface area contributed by atoms with Crippen LogP contribution in [0.25, 0.3) is 16.5 Å². The Kier molecular flexibility index (Phi) is 2.43. The maximum atomic E-state index is 4.39. The molecule has 0 bridgehead atoms. The van der Waals surface area contributed by atoms with Gasteiger partial charge in [-0.1, -0.05) is 24.3 Å². The van der Waals surface area contributed by atoms with Gasteiger partial charge in [0.2, 0.25) is 0 Å². The Morgan fingerprint density at radius 1 is 1.12 bits per heavy atom. The van der Waals surface area contributed by atoms with Crippen LogP contribution in [0.3, 0.4) is 0 Å². The number of nitrogens with zero attached hydrogens (tertiary/aromatic N) is 1. The van der Waals surface area contributed by atoms with Crippen LogP contribution in [0.2, 0.25) is 0 Å². The van der Waals surface area contributed by atoms with E-state index in [-0.39, 0.29) is 0 Å². The minimum absolute atomic E-state index is 0.978. The number of pyridine rings is 1. The number of para-hydroxylation sites is 1. The molecule has 0 atom stereocenters. The molecule has 1 N–H and O–H groups in total. The van der Waals surface area contributed by atoms with Crippen molar-refractivity contribution in [1.29, 1.82) is 0 Å². The van der Waals surface area contributed by atoms with E-state index < -0.39 is 0 Å². The number of rotatable bonds is 1. The van der Waals surface area contributed by atoms with Crippen molar-refractivity contribution in [3.63, 3.8) is 0 Å². The van der Waals surface area contributed by atoms with Crippen LogP contribution in [0.1, 0.15) is 12.0 Å². The zero-order valence-electron chi connectivity index (χ0n) is 9.11. The van der Waals surface area contributed by atoms with Crippen LogP contribution in [-0.4, -0.2) is 18.1 Å². The first-order chi connectivity index (χ1) is 7.95. The van der Waals surface area contributed by atoms with Gasteiger partial charge in [-0.25, -0.2) is 0 Å². The summed E-state index contributed by atoms with van der Waals surface area (Å²) < 4.78 is 0. The van der Waals surface area contributed by atoms with E-state index in [1.807, 2.05) is 12.3 Å². The van der Waals surface area contributed by atoms with Crippen molar-refractivity contribution in [3.05, 3.63) is 48.2 Å². The molecule has 0 unspecified atom stereocenters. The molecular weight excluding hydrogens is 196 g/mol. The Bertz CT molecular complexity index is 538. The van der Waals surface area contributed by atoms with Gasteiger partial charge in [0.05, 0.1) is 5.52 Å². The highest BCUT2D eigenvalue weighted by molar-refractivity contribution is 5.91. The number of hydrogen-bond acceptors (Lipinski definition) is 2. The number of nitrogens with one attached hydrogen (secondary N) is 1. The lowest BCUT2D eigenvalue weighted by Crippen LogP contribution is -2.20. The molecule has 0 radical (unpaired) electrons. The van der Waals surface area contributed by atoms with Crippen LogP contribution in [0, 0.1) is 0 Å². The summed E-state index contributed by atoms with van der Waals surface area (Å²) in [6, 6.07) is 10.5. The number of hydrogen-bond donors (Lipinski definition) is 1. The normalized spacial score (nSPS) is 16.1. The summed E-state index contributed by atoms with van der Waals surface area (Å²) in [5, 5.41) is 4.60. The number of aromatic nitrogens is 1. The van der Waals surface area contributed by atoms with E-state index in [1.54, 1.807) is 0 Å².